The fourth-order valence-corrected chi connectivity index (χ4v) is 1.23. The van der Waals surface area contributed by atoms with E-state index in [2.05, 4.69) is 0 Å². The van der Waals surface area contributed by atoms with Crippen LogP contribution in [0.5, 0.6) is 0 Å². The van der Waals surface area contributed by atoms with Gasteiger partial charge in [0, 0.05) is 7.11 Å². The number of methoxy groups -OCH3 is 1. The van der Waals surface area contributed by atoms with E-state index in [9.17, 15) is 5.11 Å². The molecule has 3 atom stereocenters. The summed E-state index contributed by atoms with van der Waals surface area (Å²) in [5.41, 5.74) is 0. The molecule has 0 aliphatic rings. The molecule has 3 unspecified atom stereocenters. The van der Waals surface area contributed by atoms with E-state index in [-0.39, 0.29) is 25.9 Å². The summed E-state index contributed by atoms with van der Waals surface area (Å²) in [5.74, 6) is 0. The Morgan fingerprint density at radius 1 is 1.06 bits per heavy atom. The van der Waals surface area contributed by atoms with Gasteiger partial charge in [-0.2, -0.15) is 0 Å². The van der Waals surface area contributed by atoms with Gasteiger partial charge in [-0.25, -0.2) is 0 Å². The lowest BCUT2D eigenvalue weighted by Gasteiger charge is -2.14. The first-order valence-corrected chi connectivity index (χ1v) is 5.67. The van der Waals surface area contributed by atoms with Crippen LogP contribution in [0.25, 0.3) is 0 Å². The summed E-state index contributed by atoms with van der Waals surface area (Å²) in [6.07, 6.45) is 1.28. The topological polar surface area (TPSA) is 79.2 Å². The van der Waals surface area contributed by atoms with E-state index in [4.69, 9.17) is 19.7 Å². The van der Waals surface area contributed by atoms with Gasteiger partial charge in [-0.15, -0.1) is 0 Å². The smallest absolute Gasteiger partial charge is 0.100 e. The molecule has 98 valence electrons. The molecule has 0 aliphatic carbocycles. The molecule has 16 heavy (non-hydrogen) atoms. The van der Waals surface area contributed by atoms with E-state index in [1.165, 1.54) is 0 Å². The summed E-state index contributed by atoms with van der Waals surface area (Å²) in [5, 5.41) is 27.0. The van der Waals surface area contributed by atoms with Crippen LogP contribution in [-0.2, 0) is 9.47 Å². The molecule has 3 N–H and O–H groups in total. The second-order valence-corrected chi connectivity index (χ2v) is 4.00. The molecule has 5 heteroatoms. The Hall–Kier alpha value is -0.200. The van der Waals surface area contributed by atoms with E-state index in [0.29, 0.717) is 6.42 Å². The van der Waals surface area contributed by atoms with Gasteiger partial charge in [-0.3, -0.25) is 0 Å². The van der Waals surface area contributed by atoms with E-state index in [1.807, 2.05) is 6.92 Å². The van der Waals surface area contributed by atoms with Crippen molar-refractivity contribution in [2.24, 2.45) is 0 Å². The first-order valence-electron chi connectivity index (χ1n) is 5.67. The zero-order valence-electron chi connectivity index (χ0n) is 10.1. The molecule has 0 aromatic carbocycles. The molecular weight excluding hydrogens is 212 g/mol. The highest BCUT2D eigenvalue weighted by Gasteiger charge is 2.08. The maximum absolute atomic E-state index is 9.51. The minimum atomic E-state index is -0.860. The second kappa shape index (κ2) is 9.99. The largest absolute Gasteiger partial charge is 0.394 e. The molecule has 5 nitrogen and oxygen atoms in total. The monoisotopic (exact) mass is 236 g/mol. The summed E-state index contributed by atoms with van der Waals surface area (Å²) >= 11 is 0. The summed E-state index contributed by atoms with van der Waals surface area (Å²) < 4.78 is 10.1. The summed E-state index contributed by atoms with van der Waals surface area (Å²) in [6, 6.07) is 0. The van der Waals surface area contributed by atoms with Crippen LogP contribution in [0.15, 0.2) is 0 Å². The SMILES string of the molecule is COC(C)CCCC(O)COCC(O)CO. The Labute approximate surface area is 97.0 Å². The third-order valence-electron chi connectivity index (χ3n) is 2.38. The van der Waals surface area contributed by atoms with Crippen molar-refractivity contribution in [2.45, 2.75) is 44.5 Å². The molecule has 0 aliphatic heterocycles. The molecule has 0 spiro atoms. The fourth-order valence-electron chi connectivity index (χ4n) is 1.23. The van der Waals surface area contributed by atoms with Crippen LogP contribution < -0.4 is 0 Å². The van der Waals surface area contributed by atoms with Gasteiger partial charge in [0.05, 0.1) is 32.0 Å². The van der Waals surface area contributed by atoms with Crippen molar-refractivity contribution >= 4 is 0 Å². The highest BCUT2D eigenvalue weighted by atomic mass is 16.5. The number of hydrogen-bond donors (Lipinski definition) is 3. The minimum absolute atomic E-state index is 0.0576. The third-order valence-corrected chi connectivity index (χ3v) is 2.38. The lowest BCUT2D eigenvalue weighted by molar-refractivity contribution is -0.0268. The molecule has 0 aromatic rings. The Morgan fingerprint density at radius 3 is 2.25 bits per heavy atom. The van der Waals surface area contributed by atoms with E-state index >= 15 is 0 Å². The van der Waals surface area contributed by atoms with Crippen molar-refractivity contribution in [3.05, 3.63) is 0 Å². The Bertz CT molecular complexity index is 137. The van der Waals surface area contributed by atoms with Crippen molar-refractivity contribution in [3.8, 4) is 0 Å². The molecule has 0 saturated heterocycles. The zero-order valence-corrected chi connectivity index (χ0v) is 10.1. The van der Waals surface area contributed by atoms with Gasteiger partial charge in [0.25, 0.3) is 0 Å². The van der Waals surface area contributed by atoms with Gasteiger partial charge in [-0.05, 0) is 26.2 Å². The highest BCUT2D eigenvalue weighted by molar-refractivity contribution is 4.58. The maximum atomic E-state index is 9.51. The molecule has 0 saturated carbocycles. The molecular formula is C11H24O5. The van der Waals surface area contributed by atoms with E-state index in [0.717, 1.165) is 12.8 Å². The second-order valence-electron chi connectivity index (χ2n) is 4.00. The lowest BCUT2D eigenvalue weighted by Crippen LogP contribution is -2.23. The van der Waals surface area contributed by atoms with Gasteiger partial charge in [0.15, 0.2) is 0 Å². The molecule has 0 amide bonds. The molecule has 0 heterocycles. The molecule has 0 fully saturated rings. The van der Waals surface area contributed by atoms with Crippen LogP contribution in [0, 0.1) is 0 Å². The summed E-state index contributed by atoms with van der Waals surface area (Å²) in [7, 11) is 1.67. The van der Waals surface area contributed by atoms with Gasteiger partial charge >= 0.3 is 0 Å². The number of aliphatic hydroxyl groups is 3. The standard InChI is InChI=1S/C11H24O5/c1-9(15-2)4-3-5-10(13)7-16-8-11(14)6-12/h9-14H,3-8H2,1-2H3. The Morgan fingerprint density at radius 2 is 1.69 bits per heavy atom. The van der Waals surface area contributed by atoms with Crippen molar-refractivity contribution in [2.75, 3.05) is 26.9 Å². The van der Waals surface area contributed by atoms with Crippen molar-refractivity contribution in [1.82, 2.24) is 0 Å². The third kappa shape index (κ3) is 9.06. The van der Waals surface area contributed by atoms with E-state index < -0.39 is 12.2 Å². The summed E-state index contributed by atoms with van der Waals surface area (Å²) in [4.78, 5) is 0. The number of rotatable bonds is 10. The van der Waals surface area contributed by atoms with Crippen LogP contribution in [-0.4, -0.2) is 60.6 Å². The molecule has 0 aromatic heterocycles. The first-order chi connectivity index (χ1) is 7.60. The van der Waals surface area contributed by atoms with Crippen LogP contribution in [0.4, 0.5) is 0 Å². The number of hydrogen-bond acceptors (Lipinski definition) is 5. The average molecular weight is 236 g/mol. The Kier molecular flexibility index (Phi) is 9.86. The van der Waals surface area contributed by atoms with Crippen LogP contribution in [0.1, 0.15) is 26.2 Å². The predicted molar refractivity (Wildman–Crippen MR) is 60.2 cm³/mol. The molecule has 0 bridgehead atoms. The number of aliphatic hydroxyl groups excluding tert-OH is 3. The van der Waals surface area contributed by atoms with Crippen LogP contribution in [0.3, 0.4) is 0 Å². The van der Waals surface area contributed by atoms with Gasteiger partial charge in [0.2, 0.25) is 0 Å². The summed E-state index contributed by atoms with van der Waals surface area (Å²) in [6.45, 7) is 1.92. The van der Waals surface area contributed by atoms with Crippen LogP contribution in [0.2, 0.25) is 0 Å². The fraction of sp³-hybridized carbons (Fsp3) is 1.00. The zero-order chi connectivity index (χ0) is 12.4. The Balaban J connectivity index is 3.34. The average Bonchev–Trinajstić information content (AvgIpc) is 2.28. The highest BCUT2D eigenvalue weighted by Crippen LogP contribution is 2.06. The van der Waals surface area contributed by atoms with Crippen molar-refractivity contribution < 1.29 is 24.8 Å². The minimum Gasteiger partial charge on any atom is -0.394 e. The van der Waals surface area contributed by atoms with Gasteiger partial charge in [0.1, 0.15) is 6.10 Å². The first kappa shape index (κ1) is 15.8. The van der Waals surface area contributed by atoms with Gasteiger partial charge in [-0.1, -0.05) is 0 Å². The van der Waals surface area contributed by atoms with Gasteiger partial charge < -0.3 is 24.8 Å². The lowest BCUT2D eigenvalue weighted by atomic mass is 10.1. The van der Waals surface area contributed by atoms with Crippen molar-refractivity contribution in [1.29, 1.82) is 0 Å². The van der Waals surface area contributed by atoms with Crippen molar-refractivity contribution in [3.63, 3.8) is 0 Å². The van der Waals surface area contributed by atoms with Crippen LogP contribution >= 0.6 is 0 Å². The predicted octanol–water partition coefficient (Wildman–Crippen LogP) is -0.0777. The maximum Gasteiger partial charge on any atom is 0.100 e. The normalized spacial score (nSPS) is 17.1. The quantitative estimate of drug-likeness (QED) is 0.494. The number of ether oxygens (including phenoxy) is 2. The molecule has 0 rings (SSSR count). The van der Waals surface area contributed by atoms with E-state index in [1.54, 1.807) is 7.11 Å². The molecule has 0 radical (unpaired) electrons.